The molecule has 0 spiro atoms. The number of phosphoric ester groups is 1. The number of nitrogens with zero attached hydrogens (tertiary/aromatic N) is 1. The standard InChI is InChI=1S/C43H83N2O6P/c1-6-8-10-12-14-16-18-19-20-21-22-23-24-25-26-27-28-30-32-34-36-42(46)41(40-51-52(48,49)50-39-38-45(3,4)5)44-43(47)37-35-33-31-29-17-15-13-11-9-7-2/h23-24,27-28,34,36,41-42,46H,6-22,25-26,29-33,35,37-40H2,1-5H3,(H-,44,47,48,49)/b24-23+,28-27+,36-34+. The van der Waals surface area contributed by atoms with Crippen molar-refractivity contribution in [3.63, 3.8) is 0 Å². The van der Waals surface area contributed by atoms with E-state index in [1.165, 1.54) is 116 Å². The zero-order valence-corrected chi connectivity index (χ0v) is 35.4. The highest BCUT2D eigenvalue weighted by atomic mass is 31.2. The maximum atomic E-state index is 12.8. The summed E-state index contributed by atoms with van der Waals surface area (Å²) < 4.78 is 23.1. The van der Waals surface area contributed by atoms with Crippen molar-refractivity contribution in [1.82, 2.24) is 5.32 Å². The molecule has 0 saturated heterocycles. The van der Waals surface area contributed by atoms with Crippen LogP contribution in [0.15, 0.2) is 36.5 Å². The average molecular weight is 755 g/mol. The van der Waals surface area contributed by atoms with Crippen molar-refractivity contribution in [2.45, 2.75) is 193 Å². The molecule has 306 valence electrons. The first-order valence-electron chi connectivity index (χ1n) is 21.4. The van der Waals surface area contributed by atoms with Crippen molar-refractivity contribution < 1.29 is 32.9 Å². The lowest BCUT2D eigenvalue weighted by atomic mass is 10.1. The molecule has 0 heterocycles. The Labute approximate surface area is 321 Å². The summed E-state index contributed by atoms with van der Waals surface area (Å²) in [6.07, 6.45) is 42.0. The molecule has 0 rings (SSSR count). The van der Waals surface area contributed by atoms with Crippen molar-refractivity contribution in [3.8, 4) is 0 Å². The van der Waals surface area contributed by atoms with Gasteiger partial charge >= 0.3 is 0 Å². The molecule has 0 bridgehead atoms. The quantitative estimate of drug-likeness (QED) is 0.0281. The Bertz CT molecular complexity index is 948. The van der Waals surface area contributed by atoms with E-state index < -0.39 is 26.6 Å². The molecular formula is C43H83N2O6P. The molecule has 3 atom stereocenters. The summed E-state index contributed by atoms with van der Waals surface area (Å²) in [5.74, 6) is -0.215. The molecule has 0 fully saturated rings. The Morgan fingerprint density at radius 2 is 1.08 bits per heavy atom. The molecule has 2 N–H and O–H groups in total. The van der Waals surface area contributed by atoms with Crippen molar-refractivity contribution in [2.24, 2.45) is 0 Å². The summed E-state index contributed by atoms with van der Waals surface area (Å²) in [4.78, 5) is 25.2. The number of likely N-dealkylation sites (N-methyl/N-ethyl adjacent to an activating group) is 1. The number of carbonyl (C=O) groups is 1. The van der Waals surface area contributed by atoms with Crippen molar-refractivity contribution in [2.75, 3.05) is 40.9 Å². The van der Waals surface area contributed by atoms with Gasteiger partial charge in [0, 0.05) is 6.42 Å². The first-order chi connectivity index (χ1) is 25.0. The number of nitrogens with one attached hydrogen (secondary N) is 1. The molecule has 0 aliphatic heterocycles. The van der Waals surface area contributed by atoms with E-state index in [0.717, 1.165) is 44.9 Å². The highest BCUT2D eigenvalue weighted by Gasteiger charge is 2.23. The number of aliphatic hydroxyl groups is 1. The van der Waals surface area contributed by atoms with Crippen molar-refractivity contribution in [3.05, 3.63) is 36.5 Å². The van der Waals surface area contributed by atoms with Crippen LogP contribution in [-0.4, -0.2) is 68.5 Å². The van der Waals surface area contributed by atoms with Crippen LogP contribution in [0.2, 0.25) is 0 Å². The summed E-state index contributed by atoms with van der Waals surface area (Å²) >= 11 is 0. The third kappa shape index (κ3) is 37.1. The second-order valence-corrected chi connectivity index (χ2v) is 17.1. The monoisotopic (exact) mass is 755 g/mol. The minimum atomic E-state index is -4.59. The summed E-state index contributed by atoms with van der Waals surface area (Å²) in [6, 6.07) is -0.904. The molecule has 0 aliphatic carbocycles. The molecule has 0 aromatic carbocycles. The van der Waals surface area contributed by atoms with Gasteiger partial charge < -0.3 is 28.8 Å². The van der Waals surface area contributed by atoms with E-state index in [-0.39, 0.29) is 12.5 Å². The Kier molecular flexibility index (Phi) is 34.6. The van der Waals surface area contributed by atoms with E-state index in [1.54, 1.807) is 6.08 Å². The Balaban J connectivity index is 4.49. The zero-order chi connectivity index (χ0) is 38.6. The molecule has 0 radical (unpaired) electrons. The maximum absolute atomic E-state index is 12.8. The number of quaternary nitrogens is 1. The van der Waals surface area contributed by atoms with E-state index in [4.69, 9.17) is 9.05 Å². The molecule has 9 heteroatoms. The van der Waals surface area contributed by atoms with Crippen LogP contribution in [0.3, 0.4) is 0 Å². The molecule has 3 unspecified atom stereocenters. The second kappa shape index (κ2) is 35.4. The zero-order valence-electron chi connectivity index (χ0n) is 34.5. The molecule has 0 aliphatic rings. The molecule has 52 heavy (non-hydrogen) atoms. The predicted octanol–water partition coefficient (Wildman–Crippen LogP) is 10.9. The SMILES string of the molecule is CCCCCCCCCCCC/C=C/CC/C=C/CC/C=C/C(O)C(COP(=O)([O-])OCC[N+](C)(C)C)NC(=O)CCCCCCCCCCCC. The number of unbranched alkanes of at least 4 members (excludes halogenated alkanes) is 21. The van der Waals surface area contributed by atoms with Gasteiger partial charge in [-0.3, -0.25) is 9.36 Å². The number of rotatable bonds is 38. The highest BCUT2D eigenvalue weighted by molar-refractivity contribution is 7.45. The minimum absolute atomic E-state index is 0.00823. The van der Waals surface area contributed by atoms with Gasteiger partial charge in [-0.05, 0) is 44.9 Å². The number of hydrogen-bond acceptors (Lipinski definition) is 6. The fourth-order valence-corrected chi connectivity index (χ4v) is 6.61. The van der Waals surface area contributed by atoms with E-state index in [1.807, 2.05) is 27.2 Å². The second-order valence-electron chi connectivity index (χ2n) is 15.7. The third-order valence-corrected chi connectivity index (χ3v) is 10.3. The number of aliphatic hydroxyl groups excluding tert-OH is 1. The summed E-state index contributed by atoms with van der Waals surface area (Å²) in [6.45, 7) is 4.59. The molecule has 0 aromatic rings. The van der Waals surface area contributed by atoms with E-state index >= 15 is 0 Å². The number of allylic oxidation sites excluding steroid dienone is 5. The Morgan fingerprint density at radius 3 is 1.56 bits per heavy atom. The molecule has 8 nitrogen and oxygen atoms in total. The molecule has 0 saturated carbocycles. The van der Waals surface area contributed by atoms with E-state index in [2.05, 4.69) is 43.5 Å². The number of hydrogen-bond donors (Lipinski definition) is 2. The van der Waals surface area contributed by atoms with Crippen LogP contribution in [0.5, 0.6) is 0 Å². The molecular weight excluding hydrogens is 671 g/mol. The fraction of sp³-hybridized carbons (Fsp3) is 0.837. The van der Waals surface area contributed by atoms with Crippen LogP contribution in [0.4, 0.5) is 0 Å². The van der Waals surface area contributed by atoms with Crippen LogP contribution >= 0.6 is 7.82 Å². The van der Waals surface area contributed by atoms with Crippen LogP contribution in [0.25, 0.3) is 0 Å². The van der Waals surface area contributed by atoms with Crippen molar-refractivity contribution >= 4 is 13.7 Å². The first kappa shape index (κ1) is 50.7. The van der Waals surface area contributed by atoms with Gasteiger partial charge in [0.25, 0.3) is 7.82 Å². The summed E-state index contributed by atoms with van der Waals surface area (Å²) in [7, 11) is 1.23. The van der Waals surface area contributed by atoms with Crippen LogP contribution < -0.4 is 10.2 Å². The highest BCUT2D eigenvalue weighted by Crippen LogP contribution is 2.38. The number of phosphoric acid groups is 1. The number of carbonyl (C=O) groups excluding carboxylic acids is 1. The Morgan fingerprint density at radius 1 is 0.654 bits per heavy atom. The van der Waals surface area contributed by atoms with Gasteiger partial charge in [-0.15, -0.1) is 0 Å². The maximum Gasteiger partial charge on any atom is 0.268 e. The first-order valence-corrected chi connectivity index (χ1v) is 22.8. The van der Waals surface area contributed by atoms with Gasteiger partial charge in [-0.2, -0.15) is 0 Å². The van der Waals surface area contributed by atoms with Gasteiger partial charge in [-0.25, -0.2) is 0 Å². The number of amides is 1. The fourth-order valence-electron chi connectivity index (χ4n) is 5.89. The normalized spacial score (nSPS) is 14.8. The smallest absolute Gasteiger partial charge is 0.268 e. The minimum Gasteiger partial charge on any atom is -0.756 e. The molecule has 1 amide bonds. The van der Waals surface area contributed by atoms with E-state index in [0.29, 0.717) is 17.4 Å². The van der Waals surface area contributed by atoms with E-state index in [9.17, 15) is 19.4 Å². The van der Waals surface area contributed by atoms with Gasteiger partial charge in [0.1, 0.15) is 13.2 Å². The molecule has 0 aromatic heterocycles. The van der Waals surface area contributed by atoms with Crippen molar-refractivity contribution in [1.29, 1.82) is 0 Å². The van der Waals surface area contributed by atoms with Crippen LogP contribution in [-0.2, 0) is 18.4 Å². The lowest BCUT2D eigenvalue weighted by molar-refractivity contribution is -0.870. The van der Waals surface area contributed by atoms with Gasteiger partial charge in [0.05, 0.1) is 39.9 Å². The largest absolute Gasteiger partial charge is 0.756 e. The van der Waals surface area contributed by atoms with Crippen LogP contribution in [0.1, 0.15) is 181 Å². The average Bonchev–Trinajstić information content (AvgIpc) is 3.09. The lowest BCUT2D eigenvalue weighted by Gasteiger charge is -2.29. The lowest BCUT2D eigenvalue weighted by Crippen LogP contribution is -2.45. The van der Waals surface area contributed by atoms with Gasteiger partial charge in [0.15, 0.2) is 0 Å². The third-order valence-electron chi connectivity index (χ3n) is 9.33. The van der Waals surface area contributed by atoms with Crippen LogP contribution in [0, 0.1) is 0 Å². The predicted molar refractivity (Wildman–Crippen MR) is 219 cm³/mol. The van der Waals surface area contributed by atoms with Gasteiger partial charge in [-0.1, -0.05) is 166 Å². The summed E-state index contributed by atoms with van der Waals surface area (Å²) in [5, 5.41) is 13.7. The summed E-state index contributed by atoms with van der Waals surface area (Å²) in [5.41, 5.74) is 0. The topological polar surface area (TPSA) is 108 Å². The Hall–Kier alpha value is -1.28. The van der Waals surface area contributed by atoms with Gasteiger partial charge in [0.2, 0.25) is 5.91 Å².